The SMILES string of the molecule is Cc1c(C(=O)N(C)C)oc2c1/C(=N/NC(=O)c1ccc(F)cc1)CCC2. The van der Waals surface area contributed by atoms with E-state index < -0.39 is 11.7 Å². The summed E-state index contributed by atoms with van der Waals surface area (Å²) in [6, 6.07) is 5.24. The number of amides is 2. The summed E-state index contributed by atoms with van der Waals surface area (Å²) in [5, 5.41) is 4.24. The number of aryl methyl sites for hydroxylation is 1. The lowest BCUT2D eigenvalue weighted by atomic mass is 9.93. The number of carbonyl (C=O) groups excluding carboxylic acids is 2. The maximum atomic E-state index is 13.0. The predicted octanol–water partition coefficient (Wildman–Crippen LogP) is 2.90. The van der Waals surface area contributed by atoms with Crippen molar-refractivity contribution in [2.24, 2.45) is 5.10 Å². The van der Waals surface area contributed by atoms with Gasteiger partial charge in [0.2, 0.25) is 0 Å². The number of nitrogens with zero attached hydrogens (tertiary/aromatic N) is 2. The summed E-state index contributed by atoms with van der Waals surface area (Å²) in [4.78, 5) is 25.9. The number of fused-ring (bicyclic) bond motifs is 1. The third-order valence-corrected chi connectivity index (χ3v) is 4.32. The van der Waals surface area contributed by atoms with Gasteiger partial charge in [0.1, 0.15) is 11.6 Å². The molecule has 0 fully saturated rings. The van der Waals surface area contributed by atoms with E-state index in [0.717, 1.165) is 24.0 Å². The van der Waals surface area contributed by atoms with Crippen molar-refractivity contribution in [2.75, 3.05) is 14.1 Å². The van der Waals surface area contributed by atoms with Gasteiger partial charge in [0.15, 0.2) is 5.76 Å². The molecule has 0 aliphatic heterocycles. The molecule has 0 spiro atoms. The van der Waals surface area contributed by atoms with Crippen molar-refractivity contribution in [3.05, 3.63) is 58.3 Å². The Bertz CT molecular complexity index is 882. The number of nitrogens with one attached hydrogen (secondary N) is 1. The molecule has 6 nitrogen and oxygen atoms in total. The van der Waals surface area contributed by atoms with E-state index in [4.69, 9.17) is 4.42 Å². The molecule has 1 heterocycles. The Hall–Kier alpha value is -2.96. The Morgan fingerprint density at radius 1 is 1.19 bits per heavy atom. The van der Waals surface area contributed by atoms with E-state index in [0.29, 0.717) is 29.2 Å². The van der Waals surface area contributed by atoms with E-state index in [2.05, 4.69) is 10.5 Å². The van der Waals surface area contributed by atoms with Crippen LogP contribution in [0, 0.1) is 12.7 Å². The summed E-state index contributed by atoms with van der Waals surface area (Å²) >= 11 is 0. The third-order valence-electron chi connectivity index (χ3n) is 4.32. The molecule has 0 radical (unpaired) electrons. The van der Waals surface area contributed by atoms with E-state index in [1.165, 1.54) is 29.2 Å². The lowest BCUT2D eigenvalue weighted by molar-refractivity contribution is 0.0793. The van der Waals surface area contributed by atoms with Crippen LogP contribution in [0.15, 0.2) is 33.8 Å². The average Bonchev–Trinajstić information content (AvgIpc) is 2.97. The summed E-state index contributed by atoms with van der Waals surface area (Å²) in [6.07, 6.45) is 2.22. The number of hydrogen-bond acceptors (Lipinski definition) is 4. The Morgan fingerprint density at radius 2 is 1.88 bits per heavy atom. The molecule has 26 heavy (non-hydrogen) atoms. The number of hydrazone groups is 1. The molecule has 0 saturated carbocycles. The van der Waals surface area contributed by atoms with Crippen molar-refractivity contribution < 1.29 is 18.4 Å². The van der Waals surface area contributed by atoms with Crippen LogP contribution < -0.4 is 5.43 Å². The first-order valence-corrected chi connectivity index (χ1v) is 8.35. The van der Waals surface area contributed by atoms with Gasteiger partial charge in [-0.2, -0.15) is 5.10 Å². The molecule has 0 bridgehead atoms. The molecule has 0 saturated heterocycles. The minimum Gasteiger partial charge on any atom is -0.455 e. The highest BCUT2D eigenvalue weighted by Crippen LogP contribution is 2.30. The van der Waals surface area contributed by atoms with Gasteiger partial charge in [-0.25, -0.2) is 9.82 Å². The second-order valence-corrected chi connectivity index (χ2v) is 6.41. The minimum absolute atomic E-state index is 0.202. The first-order chi connectivity index (χ1) is 12.4. The first-order valence-electron chi connectivity index (χ1n) is 8.35. The number of benzene rings is 1. The lowest BCUT2D eigenvalue weighted by Gasteiger charge is -2.13. The Balaban J connectivity index is 1.87. The molecule has 2 aromatic rings. The van der Waals surface area contributed by atoms with Gasteiger partial charge in [0.25, 0.3) is 11.8 Å². The molecule has 0 atom stereocenters. The van der Waals surface area contributed by atoms with E-state index >= 15 is 0 Å². The van der Waals surface area contributed by atoms with Gasteiger partial charge in [0.05, 0.1) is 5.71 Å². The number of hydrogen-bond donors (Lipinski definition) is 1. The van der Waals surface area contributed by atoms with Crippen molar-refractivity contribution >= 4 is 17.5 Å². The van der Waals surface area contributed by atoms with Crippen molar-refractivity contribution in [3.63, 3.8) is 0 Å². The van der Waals surface area contributed by atoms with Gasteiger partial charge < -0.3 is 9.32 Å². The van der Waals surface area contributed by atoms with Crippen LogP contribution in [0.1, 0.15) is 50.6 Å². The lowest BCUT2D eigenvalue weighted by Crippen LogP contribution is -2.23. The van der Waals surface area contributed by atoms with Crippen LogP contribution in [0.3, 0.4) is 0 Å². The molecule has 1 N–H and O–H groups in total. The Kier molecular flexibility index (Phi) is 4.88. The summed E-state index contributed by atoms with van der Waals surface area (Å²) in [5.41, 5.74) is 5.03. The van der Waals surface area contributed by atoms with Crippen LogP contribution in [-0.4, -0.2) is 36.5 Å². The monoisotopic (exact) mass is 357 g/mol. The molecule has 1 aromatic carbocycles. The van der Waals surface area contributed by atoms with Crippen molar-refractivity contribution in [1.82, 2.24) is 10.3 Å². The fraction of sp³-hybridized carbons (Fsp3) is 0.316. The first kappa shape index (κ1) is 17.8. The number of furan rings is 1. The van der Waals surface area contributed by atoms with Gasteiger partial charge in [-0.1, -0.05) is 0 Å². The highest BCUT2D eigenvalue weighted by Gasteiger charge is 2.28. The van der Waals surface area contributed by atoms with Crippen molar-refractivity contribution in [2.45, 2.75) is 26.2 Å². The molecule has 1 aliphatic carbocycles. The molecule has 0 unspecified atom stereocenters. The van der Waals surface area contributed by atoms with Crippen LogP contribution in [0.25, 0.3) is 0 Å². The largest absolute Gasteiger partial charge is 0.455 e. The second-order valence-electron chi connectivity index (χ2n) is 6.41. The zero-order chi connectivity index (χ0) is 18.8. The van der Waals surface area contributed by atoms with Crippen LogP contribution in [0.2, 0.25) is 0 Å². The Morgan fingerprint density at radius 3 is 2.54 bits per heavy atom. The van der Waals surface area contributed by atoms with Gasteiger partial charge in [0, 0.05) is 37.2 Å². The maximum absolute atomic E-state index is 13.0. The second kappa shape index (κ2) is 7.11. The quantitative estimate of drug-likeness (QED) is 0.859. The number of carbonyl (C=O) groups is 2. The topological polar surface area (TPSA) is 74.9 Å². The molecule has 7 heteroatoms. The standard InChI is InChI=1S/C19H20FN3O3/c1-11-16-14(21-22-18(24)12-7-9-13(20)10-8-12)5-4-6-15(16)26-17(11)19(25)23(2)3/h7-10H,4-6H2,1-3H3,(H,22,24)/b21-14+. The fourth-order valence-corrected chi connectivity index (χ4v) is 2.97. The minimum atomic E-state index is -0.421. The van der Waals surface area contributed by atoms with Gasteiger partial charge in [-0.15, -0.1) is 0 Å². The third kappa shape index (κ3) is 3.37. The van der Waals surface area contributed by atoms with E-state index in [1.807, 2.05) is 6.92 Å². The van der Waals surface area contributed by atoms with E-state index in [-0.39, 0.29) is 5.91 Å². The van der Waals surface area contributed by atoms with Crippen molar-refractivity contribution in [1.29, 1.82) is 0 Å². The number of halogens is 1. The summed E-state index contributed by atoms with van der Waals surface area (Å²) < 4.78 is 18.7. The van der Waals surface area contributed by atoms with Crippen LogP contribution >= 0.6 is 0 Å². The molecule has 2 amide bonds. The van der Waals surface area contributed by atoms with Gasteiger partial charge >= 0.3 is 0 Å². The molecule has 3 rings (SSSR count). The molecular formula is C19H20FN3O3. The molecule has 136 valence electrons. The Labute approximate surface area is 150 Å². The van der Waals surface area contributed by atoms with Crippen LogP contribution in [0.4, 0.5) is 4.39 Å². The molecular weight excluding hydrogens is 337 g/mol. The summed E-state index contributed by atoms with van der Waals surface area (Å²) in [6.45, 7) is 1.82. The predicted molar refractivity (Wildman–Crippen MR) is 94.8 cm³/mol. The summed E-state index contributed by atoms with van der Waals surface area (Å²) in [7, 11) is 3.34. The highest BCUT2D eigenvalue weighted by atomic mass is 19.1. The molecule has 1 aliphatic rings. The van der Waals surface area contributed by atoms with Crippen LogP contribution in [-0.2, 0) is 6.42 Å². The molecule has 1 aromatic heterocycles. The van der Waals surface area contributed by atoms with E-state index in [1.54, 1.807) is 14.1 Å². The average molecular weight is 357 g/mol. The number of rotatable bonds is 3. The normalized spacial score (nSPS) is 14.8. The van der Waals surface area contributed by atoms with Gasteiger partial charge in [-0.3, -0.25) is 9.59 Å². The fourth-order valence-electron chi connectivity index (χ4n) is 2.97. The zero-order valence-electron chi connectivity index (χ0n) is 14.9. The summed E-state index contributed by atoms with van der Waals surface area (Å²) in [5.74, 6) is -0.00736. The van der Waals surface area contributed by atoms with E-state index in [9.17, 15) is 14.0 Å². The smallest absolute Gasteiger partial charge is 0.289 e. The zero-order valence-corrected chi connectivity index (χ0v) is 14.9. The van der Waals surface area contributed by atoms with Gasteiger partial charge in [-0.05, 0) is 44.0 Å². The van der Waals surface area contributed by atoms with Crippen molar-refractivity contribution in [3.8, 4) is 0 Å². The maximum Gasteiger partial charge on any atom is 0.289 e. The highest BCUT2D eigenvalue weighted by molar-refractivity contribution is 6.07. The van der Waals surface area contributed by atoms with Crippen LogP contribution in [0.5, 0.6) is 0 Å².